The normalized spacial score (nSPS) is 12.3. The third-order valence-corrected chi connectivity index (χ3v) is 4.81. The molecule has 0 unspecified atom stereocenters. The summed E-state index contributed by atoms with van der Waals surface area (Å²) in [4.78, 5) is 18.5. The number of thioether (sulfide) groups is 1. The first-order valence-electron chi connectivity index (χ1n) is 7.91. The predicted molar refractivity (Wildman–Crippen MR) is 97.2 cm³/mol. The second-order valence-electron chi connectivity index (χ2n) is 5.81. The molecule has 0 radical (unpaired) electrons. The molecule has 0 aliphatic heterocycles. The smallest absolute Gasteiger partial charge is 0.251 e. The van der Waals surface area contributed by atoms with Crippen LogP contribution in [0.2, 0.25) is 0 Å². The van der Waals surface area contributed by atoms with Crippen molar-refractivity contribution in [1.29, 1.82) is 0 Å². The Morgan fingerprint density at radius 3 is 2.76 bits per heavy atom. The van der Waals surface area contributed by atoms with E-state index in [9.17, 15) is 4.79 Å². The van der Waals surface area contributed by atoms with Gasteiger partial charge in [0.15, 0.2) is 11.0 Å². The van der Waals surface area contributed by atoms with Gasteiger partial charge in [0, 0.05) is 18.9 Å². The number of aromatic nitrogens is 5. The van der Waals surface area contributed by atoms with Crippen LogP contribution in [0.3, 0.4) is 0 Å². The highest BCUT2D eigenvalue weighted by Crippen LogP contribution is 2.22. The Morgan fingerprint density at radius 1 is 1.28 bits per heavy atom. The first kappa shape index (κ1) is 17.4. The molecule has 0 bridgehead atoms. The summed E-state index contributed by atoms with van der Waals surface area (Å²) in [5.41, 5.74) is 8.03. The van der Waals surface area contributed by atoms with Gasteiger partial charge in [0.2, 0.25) is 0 Å². The average Bonchev–Trinajstić information content (AvgIpc) is 2.94. The molecular weight excluding hydrogens is 336 g/mol. The van der Waals surface area contributed by atoms with Crippen molar-refractivity contribution in [2.75, 3.05) is 0 Å². The van der Waals surface area contributed by atoms with Crippen LogP contribution in [0.4, 0.5) is 0 Å². The standard InChI is InChI=1S/C17H20N6OS/c1-11-19-13(9-15(24)20-11)10-25-17-22-21-16(23(17)2)14(18)8-12-6-4-3-5-7-12/h3-7,9,14H,8,10,18H2,1-2H3,(H,19,20,24)/t14-/m1/s1. The van der Waals surface area contributed by atoms with E-state index in [0.29, 0.717) is 23.7 Å². The molecule has 25 heavy (non-hydrogen) atoms. The number of rotatable bonds is 6. The Labute approximate surface area is 149 Å². The maximum Gasteiger partial charge on any atom is 0.251 e. The lowest BCUT2D eigenvalue weighted by Gasteiger charge is -2.11. The molecule has 3 N–H and O–H groups in total. The van der Waals surface area contributed by atoms with E-state index in [-0.39, 0.29) is 11.6 Å². The van der Waals surface area contributed by atoms with Gasteiger partial charge in [-0.1, -0.05) is 42.1 Å². The van der Waals surface area contributed by atoms with Crippen LogP contribution in [0.1, 0.15) is 28.9 Å². The van der Waals surface area contributed by atoms with Gasteiger partial charge in [-0.25, -0.2) is 4.98 Å². The van der Waals surface area contributed by atoms with E-state index < -0.39 is 0 Å². The monoisotopic (exact) mass is 356 g/mol. The van der Waals surface area contributed by atoms with Gasteiger partial charge in [0.05, 0.1) is 11.7 Å². The van der Waals surface area contributed by atoms with Gasteiger partial charge in [-0.15, -0.1) is 10.2 Å². The summed E-state index contributed by atoms with van der Waals surface area (Å²) >= 11 is 1.48. The minimum atomic E-state index is -0.228. The highest BCUT2D eigenvalue weighted by Gasteiger charge is 2.17. The molecule has 0 aliphatic carbocycles. The van der Waals surface area contributed by atoms with Crippen LogP contribution in [0.15, 0.2) is 46.3 Å². The molecule has 1 atom stereocenters. The summed E-state index contributed by atoms with van der Waals surface area (Å²) in [5, 5.41) is 9.21. The lowest BCUT2D eigenvalue weighted by Crippen LogP contribution is -2.18. The SMILES string of the molecule is Cc1nc(CSc2nnc([C@H](N)Cc3ccccc3)n2C)cc(=O)[nH]1. The largest absolute Gasteiger partial charge is 0.321 e. The molecule has 3 aromatic rings. The molecule has 2 aromatic heterocycles. The fourth-order valence-corrected chi connectivity index (χ4v) is 3.40. The number of nitrogens with one attached hydrogen (secondary N) is 1. The van der Waals surface area contributed by atoms with E-state index >= 15 is 0 Å². The Balaban J connectivity index is 1.69. The number of benzene rings is 1. The first-order chi connectivity index (χ1) is 12.0. The number of hydrogen-bond donors (Lipinski definition) is 2. The molecule has 0 saturated heterocycles. The molecule has 0 fully saturated rings. The van der Waals surface area contributed by atoms with Crippen molar-refractivity contribution < 1.29 is 0 Å². The topological polar surface area (TPSA) is 102 Å². The molecule has 2 heterocycles. The summed E-state index contributed by atoms with van der Waals surface area (Å²) in [6, 6.07) is 11.3. The van der Waals surface area contributed by atoms with E-state index in [4.69, 9.17) is 5.73 Å². The minimum Gasteiger partial charge on any atom is -0.321 e. The number of hydrogen-bond acceptors (Lipinski definition) is 6. The molecule has 0 spiro atoms. The van der Waals surface area contributed by atoms with Gasteiger partial charge in [0.1, 0.15) is 5.82 Å². The highest BCUT2D eigenvalue weighted by molar-refractivity contribution is 7.98. The van der Waals surface area contributed by atoms with Crippen LogP contribution >= 0.6 is 11.8 Å². The van der Waals surface area contributed by atoms with E-state index in [2.05, 4.69) is 20.2 Å². The van der Waals surface area contributed by atoms with Crippen LogP contribution in [0, 0.1) is 6.92 Å². The van der Waals surface area contributed by atoms with Crippen molar-refractivity contribution in [3.63, 3.8) is 0 Å². The Hall–Kier alpha value is -2.45. The Bertz CT molecular complexity index is 905. The summed E-state index contributed by atoms with van der Waals surface area (Å²) in [7, 11) is 1.90. The molecule has 1 aromatic carbocycles. The first-order valence-corrected chi connectivity index (χ1v) is 8.90. The van der Waals surface area contributed by atoms with Crippen LogP contribution in [0.25, 0.3) is 0 Å². The van der Waals surface area contributed by atoms with Crippen molar-refractivity contribution in [3.05, 3.63) is 69.7 Å². The van der Waals surface area contributed by atoms with Gasteiger partial charge in [-0.2, -0.15) is 0 Å². The average molecular weight is 356 g/mol. The summed E-state index contributed by atoms with van der Waals surface area (Å²) in [6.07, 6.45) is 0.701. The number of aromatic amines is 1. The fraction of sp³-hybridized carbons (Fsp3) is 0.294. The summed E-state index contributed by atoms with van der Waals surface area (Å²) < 4.78 is 1.90. The fourth-order valence-electron chi connectivity index (χ4n) is 2.59. The van der Waals surface area contributed by atoms with Crippen molar-refractivity contribution >= 4 is 11.8 Å². The zero-order chi connectivity index (χ0) is 17.8. The van der Waals surface area contributed by atoms with Gasteiger partial charge in [-0.3, -0.25) is 4.79 Å². The van der Waals surface area contributed by atoms with Crippen molar-refractivity contribution in [2.45, 2.75) is 30.3 Å². The molecule has 130 valence electrons. The van der Waals surface area contributed by atoms with Crippen molar-refractivity contribution in [2.24, 2.45) is 12.8 Å². The third-order valence-electron chi connectivity index (χ3n) is 3.76. The zero-order valence-corrected chi connectivity index (χ0v) is 15.0. The van der Waals surface area contributed by atoms with E-state index in [1.807, 2.05) is 41.9 Å². The molecular formula is C17H20N6OS. The zero-order valence-electron chi connectivity index (χ0n) is 14.1. The second-order valence-corrected chi connectivity index (χ2v) is 6.75. The third kappa shape index (κ3) is 4.34. The second kappa shape index (κ2) is 7.62. The highest BCUT2D eigenvalue weighted by atomic mass is 32.2. The maximum absolute atomic E-state index is 11.5. The number of nitrogens with zero attached hydrogens (tertiary/aromatic N) is 4. The van der Waals surface area contributed by atoms with Gasteiger partial charge in [-0.05, 0) is 18.9 Å². The van der Waals surface area contributed by atoms with Crippen molar-refractivity contribution in [3.8, 4) is 0 Å². The lowest BCUT2D eigenvalue weighted by atomic mass is 10.1. The molecule has 3 rings (SSSR count). The van der Waals surface area contributed by atoms with Crippen LogP contribution in [-0.2, 0) is 19.2 Å². The minimum absolute atomic E-state index is 0.147. The Morgan fingerprint density at radius 2 is 2.04 bits per heavy atom. The van der Waals surface area contributed by atoms with Gasteiger partial charge >= 0.3 is 0 Å². The number of aryl methyl sites for hydroxylation is 1. The van der Waals surface area contributed by atoms with Gasteiger partial charge in [0.25, 0.3) is 5.56 Å². The predicted octanol–water partition coefficient (Wildman–Crippen LogP) is 1.74. The van der Waals surface area contributed by atoms with Crippen molar-refractivity contribution in [1.82, 2.24) is 24.7 Å². The molecule has 8 heteroatoms. The maximum atomic E-state index is 11.5. The molecule has 0 amide bonds. The molecule has 7 nitrogen and oxygen atoms in total. The van der Waals surface area contributed by atoms with Crippen LogP contribution < -0.4 is 11.3 Å². The lowest BCUT2D eigenvalue weighted by molar-refractivity contribution is 0.616. The summed E-state index contributed by atoms with van der Waals surface area (Å²) in [5.74, 6) is 1.89. The quantitative estimate of drug-likeness (QED) is 0.652. The Kier molecular flexibility index (Phi) is 5.30. The van der Waals surface area contributed by atoms with E-state index in [0.717, 1.165) is 16.5 Å². The summed E-state index contributed by atoms with van der Waals surface area (Å²) in [6.45, 7) is 1.76. The number of H-pyrrole nitrogens is 1. The van der Waals surface area contributed by atoms with Crippen LogP contribution in [0.5, 0.6) is 0 Å². The van der Waals surface area contributed by atoms with E-state index in [1.165, 1.54) is 17.8 Å². The number of nitrogens with two attached hydrogens (primary N) is 1. The van der Waals surface area contributed by atoms with Gasteiger partial charge < -0.3 is 15.3 Å². The molecule has 0 aliphatic rings. The molecule has 0 saturated carbocycles. The van der Waals surface area contributed by atoms with Crippen LogP contribution in [-0.4, -0.2) is 24.7 Å². The van der Waals surface area contributed by atoms with E-state index in [1.54, 1.807) is 6.92 Å².